The molecule has 1 N–H and O–H groups in total. The fourth-order valence-electron chi connectivity index (χ4n) is 4.09. The molecule has 2 aromatic carbocycles. The molecule has 0 saturated heterocycles. The highest BCUT2D eigenvalue weighted by Crippen LogP contribution is 2.43. The first-order valence-electron chi connectivity index (χ1n) is 12.3. The van der Waals surface area contributed by atoms with Crippen LogP contribution in [0, 0.1) is 5.82 Å². The lowest BCUT2D eigenvalue weighted by Gasteiger charge is -2.29. The van der Waals surface area contributed by atoms with Gasteiger partial charge in [-0.25, -0.2) is 13.9 Å². The molecule has 4 rings (SSSR count). The Labute approximate surface area is 234 Å². The SMILES string of the molecule is CCOc1cc(C2C(C(=O)OC(C)C)=C(C)Nc3nc(SCC)nn32)cc(Br)c1OCc1ccccc1F. The van der Waals surface area contributed by atoms with Crippen LogP contribution in [-0.2, 0) is 16.1 Å². The molecule has 11 heteroatoms. The quantitative estimate of drug-likeness (QED) is 0.207. The van der Waals surface area contributed by atoms with Crippen LogP contribution in [0.15, 0.2) is 57.3 Å². The van der Waals surface area contributed by atoms with Crippen molar-refractivity contribution in [1.82, 2.24) is 14.8 Å². The first kappa shape index (κ1) is 28.0. The van der Waals surface area contributed by atoms with Gasteiger partial charge in [0, 0.05) is 11.3 Å². The molecule has 202 valence electrons. The number of thioether (sulfide) groups is 1. The van der Waals surface area contributed by atoms with Crippen LogP contribution in [0.3, 0.4) is 0 Å². The van der Waals surface area contributed by atoms with E-state index < -0.39 is 12.0 Å². The van der Waals surface area contributed by atoms with Crippen molar-refractivity contribution in [2.24, 2.45) is 0 Å². The number of nitrogens with zero attached hydrogens (tertiary/aromatic N) is 3. The average molecular weight is 606 g/mol. The number of nitrogens with one attached hydrogen (secondary N) is 1. The van der Waals surface area contributed by atoms with Crippen LogP contribution < -0.4 is 14.8 Å². The Morgan fingerprint density at radius 1 is 1.24 bits per heavy atom. The molecule has 1 aliphatic heterocycles. The summed E-state index contributed by atoms with van der Waals surface area (Å²) in [6, 6.07) is 9.49. The summed E-state index contributed by atoms with van der Waals surface area (Å²) < 4.78 is 34.0. The maximum Gasteiger partial charge on any atom is 0.338 e. The highest BCUT2D eigenvalue weighted by Gasteiger charge is 2.36. The van der Waals surface area contributed by atoms with E-state index in [1.54, 1.807) is 36.7 Å². The molecule has 8 nitrogen and oxygen atoms in total. The molecule has 1 unspecified atom stereocenters. The van der Waals surface area contributed by atoms with Crippen molar-refractivity contribution in [2.45, 2.75) is 58.5 Å². The summed E-state index contributed by atoms with van der Waals surface area (Å²) >= 11 is 5.12. The van der Waals surface area contributed by atoms with Gasteiger partial charge in [0.15, 0.2) is 11.5 Å². The summed E-state index contributed by atoms with van der Waals surface area (Å²) in [6.07, 6.45) is -0.299. The van der Waals surface area contributed by atoms with Crippen molar-refractivity contribution in [2.75, 3.05) is 17.7 Å². The molecule has 0 spiro atoms. The molecule has 1 atom stereocenters. The maximum atomic E-state index is 14.2. The van der Waals surface area contributed by atoms with E-state index in [0.717, 1.165) is 5.75 Å². The third-order valence-corrected chi connectivity index (χ3v) is 6.96. The molecule has 0 radical (unpaired) electrons. The van der Waals surface area contributed by atoms with Crippen molar-refractivity contribution in [1.29, 1.82) is 0 Å². The number of aromatic nitrogens is 3. The minimum Gasteiger partial charge on any atom is -0.490 e. The summed E-state index contributed by atoms with van der Waals surface area (Å²) in [6.45, 7) is 9.72. The van der Waals surface area contributed by atoms with Crippen molar-refractivity contribution in [3.63, 3.8) is 0 Å². The second-order valence-corrected chi connectivity index (χ2v) is 10.8. The van der Waals surface area contributed by atoms with E-state index in [0.29, 0.717) is 56.1 Å². The third-order valence-electron chi connectivity index (χ3n) is 5.65. The molecule has 1 aromatic heterocycles. The number of fused-ring (bicyclic) bond motifs is 1. The van der Waals surface area contributed by atoms with Gasteiger partial charge in [-0.3, -0.25) is 0 Å². The van der Waals surface area contributed by atoms with Gasteiger partial charge >= 0.3 is 5.97 Å². The Kier molecular flexibility index (Phi) is 8.99. The van der Waals surface area contributed by atoms with E-state index in [2.05, 4.69) is 26.2 Å². The molecule has 1 aliphatic rings. The van der Waals surface area contributed by atoms with Gasteiger partial charge in [0.2, 0.25) is 11.1 Å². The lowest BCUT2D eigenvalue weighted by Crippen LogP contribution is -2.30. The number of carbonyl (C=O) groups excluding carboxylic acids is 1. The second kappa shape index (κ2) is 12.2. The number of carbonyl (C=O) groups is 1. The van der Waals surface area contributed by atoms with Gasteiger partial charge in [0.05, 0.1) is 22.8 Å². The first-order valence-corrected chi connectivity index (χ1v) is 14.1. The zero-order chi connectivity index (χ0) is 27.4. The van der Waals surface area contributed by atoms with Crippen LogP contribution in [0.25, 0.3) is 0 Å². The molecule has 2 heterocycles. The van der Waals surface area contributed by atoms with Crippen LogP contribution in [-0.4, -0.2) is 39.2 Å². The highest BCUT2D eigenvalue weighted by atomic mass is 79.9. The van der Waals surface area contributed by atoms with Crippen molar-refractivity contribution < 1.29 is 23.4 Å². The molecular weight excluding hydrogens is 575 g/mol. The van der Waals surface area contributed by atoms with Gasteiger partial charge in [0.25, 0.3) is 0 Å². The van der Waals surface area contributed by atoms with Crippen LogP contribution in [0.5, 0.6) is 11.5 Å². The van der Waals surface area contributed by atoms with Gasteiger partial charge in [0.1, 0.15) is 18.5 Å². The van der Waals surface area contributed by atoms with Gasteiger partial charge in [-0.2, -0.15) is 4.98 Å². The number of anilines is 1. The summed E-state index contributed by atoms with van der Waals surface area (Å²) in [7, 11) is 0. The Morgan fingerprint density at radius 3 is 2.68 bits per heavy atom. The summed E-state index contributed by atoms with van der Waals surface area (Å²) in [5, 5.41) is 8.49. The number of hydrogen-bond donors (Lipinski definition) is 1. The smallest absolute Gasteiger partial charge is 0.338 e. The molecular formula is C27H30BrFN4O4S. The predicted molar refractivity (Wildman–Crippen MR) is 148 cm³/mol. The molecule has 0 fully saturated rings. The average Bonchev–Trinajstić information content (AvgIpc) is 3.25. The van der Waals surface area contributed by atoms with E-state index in [1.165, 1.54) is 17.8 Å². The van der Waals surface area contributed by atoms with Gasteiger partial charge in [-0.15, -0.1) is 5.10 Å². The fraction of sp³-hybridized carbons (Fsp3) is 0.370. The summed E-state index contributed by atoms with van der Waals surface area (Å²) in [4.78, 5) is 17.9. The normalized spacial score (nSPS) is 14.8. The highest BCUT2D eigenvalue weighted by molar-refractivity contribution is 9.10. The van der Waals surface area contributed by atoms with E-state index in [1.807, 2.05) is 32.9 Å². The van der Waals surface area contributed by atoms with Crippen LogP contribution in [0.1, 0.15) is 51.8 Å². The Morgan fingerprint density at radius 2 is 2.00 bits per heavy atom. The van der Waals surface area contributed by atoms with E-state index in [4.69, 9.17) is 19.3 Å². The molecule has 3 aromatic rings. The number of allylic oxidation sites excluding steroid dienone is 1. The minimum atomic E-state index is -0.632. The zero-order valence-electron chi connectivity index (χ0n) is 21.9. The number of benzene rings is 2. The zero-order valence-corrected chi connectivity index (χ0v) is 24.3. The topological polar surface area (TPSA) is 87.5 Å². The number of rotatable bonds is 10. The lowest BCUT2D eigenvalue weighted by atomic mass is 9.95. The number of hydrogen-bond acceptors (Lipinski definition) is 8. The Bertz CT molecular complexity index is 1360. The van der Waals surface area contributed by atoms with E-state index >= 15 is 0 Å². The third kappa shape index (κ3) is 5.99. The Hall–Kier alpha value is -3.05. The second-order valence-electron chi connectivity index (χ2n) is 8.76. The van der Waals surface area contributed by atoms with Crippen molar-refractivity contribution in [3.05, 3.63) is 69.1 Å². The van der Waals surface area contributed by atoms with Crippen molar-refractivity contribution >= 4 is 39.6 Å². The van der Waals surface area contributed by atoms with Gasteiger partial charge in [-0.1, -0.05) is 36.9 Å². The van der Waals surface area contributed by atoms with Crippen molar-refractivity contribution in [3.8, 4) is 11.5 Å². The van der Waals surface area contributed by atoms with E-state index in [9.17, 15) is 9.18 Å². The number of ether oxygens (including phenoxy) is 3. The Balaban J connectivity index is 1.80. The minimum absolute atomic E-state index is 0.0217. The maximum absolute atomic E-state index is 14.2. The first-order chi connectivity index (χ1) is 18.2. The fourth-order valence-corrected chi connectivity index (χ4v) is 5.22. The van der Waals surface area contributed by atoms with Crippen LogP contribution in [0.4, 0.5) is 10.3 Å². The predicted octanol–water partition coefficient (Wildman–Crippen LogP) is 6.51. The van der Waals surface area contributed by atoms with E-state index in [-0.39, 0.29) is 18.5 Å². The molecule has 0 bridgehead atoms. The van der Waals surface area contributed by atoms with Crippen LogP contribution in [0.2, 0.25) is 0 Å². The molecule has 38 heavy (non-hydrogen) atoms. The molecule has 0 amide bonds. The van der Waals surface area contributed by atoms with Gasteiger partial charge < -0.3 is 19.5 Å². The van der Waals surface area contributed by atoms with Crippen LogP contribution >= 0.6 is 27.7 Å². The van der Waals surface area contributed by atoms with Gasteiger partial charge in [-0.05, 0) is 73.1 Å². The number of esters is 1. The molecule has 0 aliphatic carbocycles. The summed E-state index contributed by atoms with van der Waals surface area (Å²) in [5.41, 5.74) is 2.19. The number of halogens is 2. The summed E-state index contributed by atoms with van der Waals surface area (Å²) in [5.74, 6) is 1.41. The standard InChI is InChI=1S/C27H30BrFN4O4S/c1-6-35-21-13-18(12-19(28)24(21)36-14-17-10-8-9-11-20(17)29)23-22(25(34)37-15(3)4)16(5)30-26-31-27(38-7-2)32-33(23)26/h8-13,15,23H,6-7,14H2,1-5H3,(H,30,31,32). The lowest BCUT2D eigenvalue weighted by molar-refractivity contribution is -0.143. The largest absolute Gasteiger partial charge is 0.490 e. The molecule has 0 saturated carbocycles. The monoisotopic (exact) mass is 604 g/mol.